The molecular weight excluding hydrogens is 423 g/mol. The van der Waals surface area contributed by atoms with Gasteiger partial charge < -0.3 is 19.5 Å². The maximum Gasteiger partial charge on any atom is 0.407 e. The molecule has 0 radical (unpaired) electrons. The number of rotatable bonds is 4. The van der Waals surface area contributed by atoms with Crippen molar-refractivity contribution in [2.45, 2.75) is 19.6 Å². The molecule has 1 fully saturated rings. The van der Waals surface area contributed by atoms with Crippen molar-refractivity contribution < 1.29 is 24.2 Å². The quantitative estimate of drug-likeness (QED) is 0.724. The van der Waals surface area contributed by atoms with Gasteiger partial charge in [0.1, 0.15) is 0 Å². The van der Waals surface area contributed by atoms with Gasteiger partial charge in [-0.3, -0.25) is 0 Å². The van der Waals surface area contributed by atoms with Crippen molar-refractivity contribution in [3.05, 3.63) is 45.2 Å². The summed E-state index contributed by atoms with van der Waals surface area (Å²) in [6.07, 6.45) is -1.47. The van der Waals surface area contributed by atoms with Crippen LogP contribution in [0, 0.1) is 12.8 Å². The monoisotopic (exact) mass is 442 g/mol. The maximum atomic E-state index is 11.8. The fraction of sp³-hybridized carbons (Fsp3) is 0.444. The molecule has 11 heteroatoms. The summed E-state index contributed by atoms with van der Waals surface area (Å²) >= 11 is 12.2. The van der Waals surface area contributed by atoms with Crippen LogP contribution in [-0.4, -0.2) is 63.9 Å². The second-order valence-electron chi connectivity index (χ2n) is 6.65. The molecule has 9 nitrogen and oxygen atoms in total. The summed E-state index contributed by atoms with van der Waals surface area (Å²) in [5, 5.41) is 18.2. The van der Waals surface area contributed by atoms with Crippen molar-refractivity contribution in [2.24, 2.45) is 5.92 Å². The van der Waals surface area contributed by atoms with Crippen LogP contribution in [0.15, 0.2) is 18.2 Å². The molecule has 29 heavy (non-hydrogen) atoms. The Kier molecular flexibility index (Phi) is 6.61. The van der Waals surface area contributed by atoms with Crippen LogP contribution in [0.4, 0.5) is 4.79 Å². The SMILES string of the molecule is COC(=O)c1nnn(C[C@@H]2CN(C(=O)O)CCO[C@H]2c2ccc(Cl)c(Cl)c2)c1C. The molecule has 1 aliphatic rings. The van der Waals surface area contributed by atoms with Crippen LogP contribution in [0.5, 0.6) is 0 Å². The Morgan fingerprint density at radius 2 is 2.10 bits per heavy atom. The number of halogens is 2. The Morgan fingerprint density at radius 3 is 2.76 bits per heavy atom. The highest BCUT2D eigenvalue weighted by Gasteiger charge is 2.33. The molecule has 156 valence electrons. The van der Waals surface area contributed by atoms with Crippen molar-refractivity contribution in [1.82, 2.24) is 19.9 Å². The van der Waals surface area contributed by atoms with Gasteiger partial charge in [0.25, 0.3) is 0 Å². The molecule has 0 saturated carbocycles. The zero-order valence-electron chi connectivity index (χ0n) is 15.8. The van der Waals surface area contributed by atoms with E-state index in [9.17, 15) is 14.7 Å². The van der Waals surface area contributed by atoms with Crippen LogP contribution in [0.25, 0.3) is 0 Å². The zero-order chi connectivity index (χ0) is 21.1. The van der Waals surface area contributed by atoms with Gasteiger partial charge in [-0.05, 0) is 24.6 Å². The number of methoxy groups -OCH3 is 1. The molecule has 0 unspecified atom stereocenters. The number of carbonyl (C=O) groups excluding carboxylic acids is 1. The minimum atomic E-state index is -1.03. The minimum absolute atomic E-state index is 0.114. The van der Waals surface area contributed by atoms with E-state index in [2.05, 4.69) is 10.3 Å². The van der Waals surface area contributed by atoms with E-state index in [1.807, 2.05) is 0 Å². The third kappa shape index (κ3) is 4.63. The summed E-state index contributed by atoms with van der Waals surface area (Å²) in [7, 11) is 1.27. The second kappa shape index (κ2) is 8.98. The van der Waals surface area contributed by atoms with Gasteiger partial charge in [-0.15, -0.1) is 5.10 Å². The maximum absolute atomic E-state index is 11.8. The lowest BCUT2D eigenvalue weighted by Crippen LogP contribution is -2.36. The highest BCUT2D eigenvalue weighted by atomic mass is 35.5. The lowest BCUT2D eigenvalue weighted by molar-refractivity contribution is 0.0239. The van der Waals surface area contributed by atoms with E-state index in [1.54, 1.807) is 29.8 Å². The van der Waals surface area contributed by atoms with Crippen LogP contribution in [0.3, 0.4) is 0 Å². The first-order chi connectivity index (χ1) is 13.8. The van der Waals surface area contributed by atoms with Gasteiger partial charge in [0, 0.05) is 19.0 Å². The van der Waals surface area contributed by atoms with E-state index in [1.165, 1.54) is 12.0 Å². The number of amides is 1. The Labute approximate surface area is 177 Å². The summed E-state index contributed by atoms with van der Waals surface area (Å²) < 4.78 is 12.3. The summed E-state index contributed by atoms with van der Waals surface area (Å²) in [6, 6.07) is 5.19. The lowest BCUT2D eigenvalue weighted by Gasteiger charge is -2.27. The highest BCUT2D eigenvalue weighted by Crippen LogP contribution is 2.34. The first-order valence-electron chi connectivity index (χ1n) is 8.84. The third-order valence-corrected chi connectivity index (χ3v) is 5.59. The van der Waals surface area contributed by atoms with Crippen LogP contribution in [0.2, 0.25) is 10.0 Å². The van der Waals surface area contributed by atoms with Crippen LogP contribution >= 0.6 is 23.2 Å². The molecule has 1 N–H and O–H groups in total. The van der Waals surface area contributed by atoms with Crippen LogP contribution in [-0.2, 0) is 16.0 Å². The fourth-order valence-corrected chi connectivity index (χ4v) is 3.63. The summed E-state index contributed by atoms with van der Waals surface area (Å²) in [5.74, 6) is -0.893. The standard InChI is InChI=1S/C18H20Cl2N4O5/c1-10-15(17(25)28-2)21-22-24(10)9-12-8-23(18(26)27)5-6-29-16(12)11-3-4-13(19)14(20)7-11/h3-4,7,12,16H,5-6,8-9H2,1-2H3,(H,26,27)/t12-,16-/m0/s1. The number of esters is 1. The Hall–Kier alpha value is -2.36. The summed E-state index contributed by atoms with van der Waals surface area (Å²) in [4.78, 5) is 24.7. The summed E-state index contributed by atoms with van der Waals surface area (Å²) in [5.41, 5.74) is 1.42. The molecule has 1 aromatic carbocycles. The molecule has 1 aliphatic heterocycles. The molecule has 0 spiro atoms. The number of aromatic nitrogens is 3. The van der Waals surface area contributed by atoms with Gasteiger partial charge in [-0.25, -0.2) is 14.3 Å². The second-order valence-corrected chi connectivity index (χ2v) is 7.47. The molecule has 0 aliphatic carbocycles. The van der Waals surface area contributed by atoms with Gasteiger partial charge in [-0.1, -0.05) is 34.5 Å². The number of hydrogen-bond donors (Lipinski definition) is 1. The van der Waals surface area contributed by atoms with Crippen molar-refractivity contribution >= 4 is 35.3 Å². The molecule has 1 amide bonds. The number of carbonyl (C=O) groups is 2. The van der Waals surface area contributed by atoms with E-state index in [-0.39, 0.29) is 37.9 Å². The number of ether oxygens (including phenoxy) is 2. The molecule has 2 heterocycles. The van der Waals surface area contributed by atoms with Crippen LogP contribution < -0.4 is 0 Å². The normalized spacial score (nSPS) is 19.7. The van der Waals surface area contributed by atoms with Gasteiger partial charge >= 0.3 is 12.1 Å². The van der Waals surface area contributed by atoms with Gasteiger partial charge in [0.05, 0.1) is 42.1 Å². The third-order valence-electron chi connectivity index (χ3n) is 4.85. The molecule has 3 rings (SSSR count). The number of hydrogen-bond acceptors (Lipinski definition) is 6. The van der Waals surface area contributed by atoms with Crippen molar-refractivity contribution in [3.8, 4) is 0 Å². The molecule has 0 bridgehead atoms. The number of nitrogens with zero attached hydrogens (tertiary/aromatic N) is 4. The minimum Gasteiger partial charge on any atom is -0.465 e. The molecule has 1 aromatic heterocycles. The topological polar surface area (TPSA) is 107 Å². The average molecular weight is 443 g/mol. The molecular formula is C18H20Cl2N4O5. The van der Waals surface area contributed by atoms with E-state index in [0.29, 0.717) is 15.7 Å². The summed E-state index contributed by atoms with van der Waals surface area (Å²) in [6.45, 7) is 2.68. The Balaban J connectivity index is 1.94. The predicted molar refractivity (Wildman–Crippen MR) is 104 cm³/mol. The molecule has 1 saturated heterocycles. The van der Waals surface area contributed by atoms with Gasteiger partial charge in [0.2, 0.25) is 0 Å². The van der Waals surface area contributed by atoms with Gasteiger partial charge in [0.15, 0.2) is 5.69 Å². The first-order valence-corrected chi connectivity index (χ1v) is 9.60. The Bertz CT molecular complexity index is 920. The van der Waals surface area contributed by atoms with E-state index in [4.69, 9.17) is 32.7 Å². The highest BCUT2D eigenvalue weighted by molar-refractivity contribution is 6.42. The first kappa shape index (κ1) is 21.4. The molecule has 2 atom stereocenters. The van der Waals surface area contributed by atoms with Crippen molar-refractivity contribution in [3.63, 3.8) is 0 Å². The average Bonchev–Trinajstić information content (AvgIpc) is 2.91. The molecule has 2 aromatic rings. The lowest BCUT2D eigenvalue weighted by atomic mass is 9.95. The van der Waals surface area contributed by atoms with Crippen molar-refractivity contribution in [2.75, 3.05) is 26.8 Å². The largest absolute Gasteiger partial charge is 0.465 e. The fourth-order valence-electron chi connectivity index (χ4n) is 3.32. The number of benzene rings is 1. The predicted octanol–water partition coefficient (Wildman–Crippen LogP) is 3.05. The number of carboxylic acid groups (broad SMARTS) is 1. The van der Waals surface area contributed by atoms with E-state index < -0.39 is 18.2 Å². The van der Waals surface area contributed by atoms with E-state index >= 15 is 0 Å². The van der Waals surface area contributed by atoms with Crippen molar-refractivity contribution in [1.29, 1.82) is 0 Å². The van der Waals surface area contributed by atoms with E-state index in [0.717, 1.165) is 5.56 Å². The van der Waals surface area contributed by atoms with Crippen LogP contribution in [0.1, 0.15) is 27.8 Å². The Morgan fingerprint density at radius 1 is 1.34 bits per heavy atom. The zero-order valence-corrected chi connectivity index (χ0v) is 17.4. The van der Waals surface area contributed by atoms with Gasteiger partial charge in [-0.2, -0.15) is 0 Å². The smallest absolute Gasteiger partial charge is 0.407 e.